The van der Waals surface area contributed by atoms with Crippen molar-refractivity contribution in [2.75, 3.05) is 37.7 Å². The largest absolute Gasteiger partial charge is 0.350 e. The van der Waals surface area contributed by atoms with E-state index in [2.05, 4.69) is 53.4 Å². The summed E-state index contributed by atoms with van der Waals surface area (Å²) in [5.41, 5.74) is 3.67. The smallest absolute Gasteiger partial charge is 0.247 e. The van der Waals surface area contributed by atoms with Gasteiger partial charge >= 0.3 is 0 Å². The van der Waals surface area contributed by atoms with Crippen molar-refractivity contribution >= 4 is 51.0 Å². The number of hydrogen-bond donors (Lipinski definition) is 3. The van der Waals surface area contributed by atoms with Crippen molar-refractivity contribution < 1.29 is 14.4 Å². The molecule has 2 aromatic carbocycles. The topological polar surface area (TPSA) is 103 Å². The van der Waals surface area contributed by atoms with E-state index in [1.807, 2.05) is 48.2 Å². The zero-order chi connectivity index (χ0) is 30.8. The summed E-state index contributed by atoms with van der Waals surface area (Å²) in [4.78, 5) is 46.1. The summed E-state index contributed by atoms with van der Waals surface area (Å²) in [6.07, 6.45) is 1.07. The SMILES string of the molecule is C=C(CN1CCSCC1)C(=O)NC[C@H](Cc1ccccc1)NC(=O)[C@H](Cc1nc2ccc(C(C)C)cc2s1)NC(=O)CC. The third-order valence-corrected chi connectivity index (χ3v) is 9.48. The van der Waals surface area contributed by atoms with E-state index in [1.165, 1.54) is 5.56 Å². The van der Waals surface area contributed by atoms with E-state index in [0.29, 0.717) is 24.5 Å². The number of rotatable bonds is 14. The van der Waals surface area contributed by atoms with Gasteiger partial charge in [0.05, 0.1) is 21.3 Å². The Hall–Kier alpha value is -3.21. The standard InChI is InChI=1S/C33H43N5O3S2/c1-5-30(39)36-28(19-31-37-27-12-11-25(22(2)3)18-29(27)43-31)33(41)35-26(17-24-9-7-6-8-10-24)20-34-32(40)23(4)21-38-13-15-42-16-14-38/h6-12,18,22,26,28H,4-5,13-17,19-21H2,1-3H3,(H,34,40)(H,35,41)(H,36,39)/t26-,28-/m0/s1. The highest BCUT2D eigenvalue weighted by Crippen LogP contribution is 2.27. The predicted molar refractivity (Wildman–Crippen MR) is 178 cm³/mol. The van der Waals surface area contributed by atoms with Crippen LogP contribution in [0.5, 0.6) is 0 Å². The fraction of sp³-hybridized carbons (Fsp3) is 0.455. The number of hydrogen-bond acceptors (Lipinski definition) is 7. The number of amides is 3. The van der Waals surface area contributed by atoms with Crippen molar-refractivity contribution in [2.45, 2.75) is 58.0 Å². The number of fused-ring (bicyclic) bond motifs is 1. The molecule has 2 heterocycles. The average molecular weight is 622 g/mol. The highest BCUT2D eigenvalue weighted by molar-refractivity contribution is 7.99. The molecular formula is C33H43N5O3S2. The summed E-state index contributed by atoms with van der Waals surface area (Å²) in [6.45, 7) is 12.8. The second-order valence-corrected chi connectivity index (χ2v) is 13.6. The fourth-order valence-electron chi connectivity index (χ4n) is 4.93. The van der Waals surface area contributed by atoms with Gasteiger partial charge in [-0.15, -0.1) is 11.3 Å². The van der Waals surface area contributed by atoms with Crippen molar-refractivity contribution in [1.82, 2.24) is 25.8 Å². The number of thiazole rings is 1. The first-order valence-electron chi connectivity index (χ1n) is 15.0. The van der Waals surface area contributed by atoms with Gasteiger partial charge in [0.1, 0.15) is 6.04 Å². The van der Waals surface area contributed by atoms with Gasteiger partial charge in [-0.1, -0.05) is 63.7 Å². The molecule has 3 amide bonds. The van der Waals surface area contributed by atoms with Crippen LogP contribution in [-0.4, -0.2) is 77.4 Å². The third kappa shape index (κ3) is 9.91. The zero-order valence-corrected chi connectivity index (χ0v) is 27.0. The van der Waals surface area contributed by atoms with Gasteiger partial charge in [0.15, 0.2) is 0 Å². The van der Waals surface area contributed by atoms with E-state index < -0.39 is 6.04 Å². The first-order valence-corrected chi connectivity index (χ1v) is 17.0. The van der Waals surface area contributed by atoms with Gasteiger partial charge in [0, 0.05) is 56.1 Å². The summed E-state index contributed by atoms with van der Waals surface area (Å²) in [6, 6.07) is 14.9. The van der Waals surface area contributed by atoms with E-state index in [-0.39, 0.29) is 43.1 Å². The first-order chi connectivity index (χ1) is 20.7. The third-order valence-electron chi connectivity index (χ3n) is 7.49. The minimum atomic E-state index is -0.793. The summed E-state index contributed by atoms with van der Waals surface area (Å²) >= 11 is 3.47. The Morgan fingerprint density at radius 3 is 2.47 bits per heavy atom. The van der Waals surface area contributed by atoms with Crippen molar-refractivity contribution in [3.63, 3.8) is 0 Å². The summed E-state index contributed by atoms with van der Waals surface area (Å²) in [7, 11) is 0. The number of nitrogens with zero attached hydrogens (tertiary/aromatic N) is 2. The molecule has 4 rings (SSSR count). The summed E-state index contributed by atoms with van der Waals surface area (Å²) in [5, 5.41) is 9.78. The van der Waals surface area contributed by atoms with Gasteiger partial charge in [0.2, 0.25) is 17.7 Å². The summed E-state index contributed by atoms with van der Waals surface area (Å²) in [5.74, 6) is 1.81. The highest BCUT2D eigenvalue weighted by Gasteiger charge is 2.26. The Morgan fingerprint density at radius 2 is 1.77 bits per heavy atom. The van der Waals surface area contributed by atoms with Crippen LogP contribution in [0.25, 0.3) is 10.2 Å². The van der Waals surface area contributed by atoms with E-state index in [9.17, 15) is 14.4 Å². The molecule has 230 valence electrons. The number of carbonyl (C=O) groups excluding carboxylic acids is 3. The fourth-order valence-corrected chi connectivity index (χ4v) is 6.97. The molecule has 0 aliphatic carbocycles. The van der Waals surface area contributed by atoms with Crippen molar-refractivity contribution in [3.05, 3.63) is 76.8 Å². The molecule has 2 atom stereocenters. The minimum Gasteiger partial charge on any atom is -0.350 e. The molecule has 1 fully saturated rings. The second-order valence-electron chi connectivity index (χ2n) is 11.3. The monoisotopic (exact) mass is 621 g/mol. The lowest BCUT2D eigenvalue weighted by molar-refractivity contribution is -0.129. The Balaban J connectivity index is 1.46. The molecule has 1 aliphatic rings. The van der Waals surface area contributed by atoms with Crippen LogP contribution in [0, 0.1) is 0 Å². The molecule has 10 heteroatoms. The molecule has 1 aliphatic heterocycles. The van der Waals surface area contributed by atoms with E-state index >= 15 is 0 Å². The van der Waals surface area contributed by atoms with Crippen LogP contribution in [0.3, 0.4) is 0 Å². The Labute approximate surface area is 263 Å². The molecule has 1 saturated heterocycles. The van der Waals surface area contributed by atoms with Crippen LogP contribution < -0.4 is 16.0 Å². The first kappa shape index (κ1) is 32.7. The van der Waals surface area contributed by atoms with Gasteiger partial charge in [-0.25, -0.2) is 4.98 Å². The lowest BCUT2D eigenvalue weighted by Gasteiger charge is -2.27. The molecule has 3 aromatic rings. The molecule has 3 N–H and O–H groups in total. The van der Waals surface area contributed by atoms with Crippen LogP contribution in [-0.2, 0) is 27.2 Å². The molecule has 0 bridgehead atoms. The average Bonchev–Trinajstić information content (AvgIpc) is 3.41. The van der Waals surface area contributed by atoms with Crippen LogP contribution in [0.15, 0.2) is 60.7 Å². The molecule has 43 heavy (non-hydrogen) atoms. The molecule has 1 aromatic heterocycles. The minimum absolute atomic E-state index is 0.205. The highest BCUT2D eigenvalue weighted by atomic mass is 32.2. The maximum Gasteiger partial charge on any atom is 0.247 e. The van der Waals surface area contributed by atoms with Crippen molar-refractivity contribution in [2.24, 2.45) is 0 Å². The molecule has 0 unspecified atom stereocenters. The lowest BCUT2D eigenvalue weighted by atomic mass is 10.0. The second kappa shape index (κ2) is 16.0. The molecule has 0 saturated carbocycles. The molecule has 8 nitrogen and oxygen atoms in total. The van der Waals surface area contributed by atoms with Crippen LogP contribution >= 0.6 is 23.1 Å². The molecule has 0 radical (unpaired) electrons. The quantitative estimate of drug-likeness (QED) is 0.232. The predicted octanol–water partition coefficient (Wildman–Crippen LogP) is 4.31. The Kier molecular flexibility index (Phi) is 12.2. The summed E-state index contributed by atoms with van der Waals surface area (Å²) < 4.78 is 1.07. The molecule has 0 spiro atoms. The number of carbonyl (C=O) groups is 3. The van der Waals surface area contributed by atoms with Gasteiger partial charge in [-0.2, -0.15) is 11.8 Å². The van der Waals surface area contributed by atoms with Gasteiger partial charge < -0.3 is 16.0 Å². The number of thioether (sulfide) groups is 1. The van der Waals surface area contributed by atoms with Crippen LogP contribution in [0.1, 0.15) is 49.2 Å². The normalized spacial score (nSPS) is 15.2. The number of aromatic nitrogens is 1. The van der Waals surface area contributed by atoms with Crippen LogP contribution in [0.4, 0.5) is 0 Å². The lowest BCUT2D eigenvalue weighted by Crippen LogP contribution is -2.53. The van der Waals surface area contributed by atoms with E-state index in [0.717, 1.165) is 45.4 Å². The van der Waals surface area contributed by atoms with E-state index in [4.69, 9.17) is 4.98 Å². The van der Waals surface area contributed by atoms with Gasteiger partial charge in [-0.05, 0) is 35.6 Å². The van der Waals surface area contributed by atoms with Crippen molar-refractivity contribution in [1.29, 1.82) is 0 Å². The maximum atomic E-state index is 13.7. The Morgan fingerprint density at radius 1 is 1.02 bits per heavy atom. The maximum absolute atomic E-state index is 13.7. The molecular weight excluding hydrogens is 579 g/mol. The van der Waals surface area contributed by atoms with E-state index in [1.54, 1.807) is 18.3 Å². The van der Waals surface area contributed by atoms with Crippen LogP contribution in [0.2, 0.25) is 0 Å². The number of nitrogens with one attached hydrogen (secondary N) is 3. The Bertz CT molecular complexity index is 1400. The van der Waals surface area contributed by atoms with Crippen molar-refractivity contribution in [3.8, 4) is 0 Å². The van der Waals surface area contributed by atoms with Gasteiger partial charge in [-0.3, -0.25) is 19.3 Å². The number of benzene rings is 2. The zero-order valence-electron chi connectivity index (χ0n) is 25.4. The van der Waals surface area contributed by atoms with Gasteiger partial charge in [0.25, 0.3) is 0 Å².